The molecule has 0 saturated heterocycles. The molecule has 1 unspecified atom stereocenters. The van der Waals surface area contributed by atoms with Crippen molar-refractivity contribution in [1.82, 2.24) is 4.98 Å². The van der Waals surface area contributed by atoms with Gasteiger partial charge >= 0.3 is 0 Å². The van der Waals surface area contributed by atoms with Crippen molar-refractivity contribution >= 4 is 34.9 Å². The Hall–Kier alpha value is -0.610. The molecular weight excluding hydrogens is 230 g/mol. The van der Waals surface area contributed by atoms with Crippen LogP contribution in [0, 0.1) is 0 Å². The van der Waals surface area contributed by atoms with Crippen molar-refractivity contribution in [3.63, 3.8) is 0 Å². The van der Waals surface area contributed by atoms with Crippen LogP contribution in [0.1, 0.15) is 13.3 Å². The van der Waals surface area contributed by atoms with Gasteiger partial charge in [-0.3, -0.25) is 0 Å². The molecule has 3 nitrogen and oxygen atoms in total. The lowest BCUT2D eigenvalue weighted by Crippen LogP contribution is -2.09. The van der Waals surface area contributed by atoms with E-state index in [2.05, 4.69) is 23.5 Å². The Morgan fingerprint density at radius 3 is 2.93 bits per heavy atom. The maximum absolute atomic E-state index is 5.78. The number of halogens is 1. The van der Waals surface area contributed by atoms with Crippen LogP contribution in [0.25, 0.3) is 0 Å². The normalized spacial score (nSPS) is 12.5. The molecule has 0 aliphatic carbocycles. The minimum atomic E-state index is 0.426. The fourth-order valence-electron chi connectivity index (χ4n) is 1.13. The summed E-state index contributed by atoms with van der Waals surface area (Å²) >= 11 is 7.64. The van der Waals surface area contributed by atoms with Crippen molar-refractivity contribution in [3.05, 3.63) is 17.3 Å². The lowest BCUT2D eigenvalue weighted by molar-refractivity contribution is 0.850. The zero-order chi connectivity index (χ0) is 11.3. The van der Waals surface area contributed by atoms with E-state index in [4.69, 9.17) is 17.3 Å². The number of nitrogen functional groups attached to an aromatic ring is 1. The third-order valence-corrected chi connectivity index (χ3v) is 3.31. The summed E-state index contributed by atoms with van der Waals surface area (Å²) in [5.74, 6) is 0.744. The summed E-state index contributed by atoms with van der Waals surface area (Å²) in [7, 11) is 0. The number of anilines is 2. The summed E-state index contributed by atoms with van der Waals surface area (Å²) in [5.41, 5.74) is 6.28. The second-order valence-corrected chi connectivity index (χ2v) is 5.03. The Labute approximate surface area is 99.8 Å². The van der Waals surface area contributed by atoms with Crippen molar-refractivity contribution in [1.29, 1.82) is 0 Å². The van der Waals surface area contributed by atoms with Crippen LogP contribution in [0.5, 0.6) is 0 Å². The number of hydrogen-bond acceptors (Lipinski definition) is 4. The Morgan fingerprint density at radius 2 is 2.33 bits per heavy atom. The van der Waals surface area contributed by atoms with Gasteiger partial charge in [-0.1, -0.05) is 18.5 Å². The van der Waals surface area contributed by atoms with Gasteiger partial charge in [0.2, 0.25) is 0 Å². The minimum Gasteiger partial charge on any atom is -0.399 e. The Balaban J connectivity index is 2.43. The number of pyridine rings is 1. The van der Waals surface area contributed by atoms with Crippen molar-refractivity contribution in [2.24, 2.45) is 0 Å². The molecule has 1 aromatic rings. The topological polar surface area (TPSA) is 50.9 Å². The number of nitrogens with zero attached hydrogens (tertiary/aromatic N) is 1. The molecule has 0 radical (unpaired) electrons. The summed E-state index contributed by atoms with van der Waals surface area (Å²) in [6, 6.07) is 3.42. The summed E-state index contributed by atoms with van der Waals surface area (Å²) in [4.78, 5) is 4.12. The van der Waals surface area contributed by atoms with E-state index in [9.17, 15) is 0 Å². The zero-order valence-corrected chi connectivity index (χ0v) is 10.5. The summed E-state index contributed by atoms with van der Waals surface area (Å²) in [6.45, 7) is 3.08. The third kappa shape index (κ3) is 4.62. The molecule has 84 valence electrons. The van der Waals surface area contributed by atoms with Gasteiger partial charge in [-0.15, -0.1) is 0 Å². The largest absolute Gasteiger partial charge is 0.399 e. The number of rotatable bonds is 5. The van der Waals surface area contributed by atoms with E-state index < -0.39 is 0 Å². The van der Waals surface area contributed by atoms with Crippen LogP contribution in [0.15, 0.2) is 12.1 Å². The monoisotopic (exact) mass is 245 g/mol. The van der Waals surface area contributed by atoms with E-state index in [1.807, 2.05) is 11.8 Å². The highest BCUT2D eigenvalue weighted by atomic mass is 35.5. The first-order chi connectivity index (χ1) is 7.11. The Bertz CT molecular complexity index is 299. The SMILES string of the molecule is CSC(C)CCNc1cc(N)cc(Cl)n1. The molecule has 1 heterocycles. The molecule has 3 N–H and O–H groups in total. The van der Waals surface area contributed by atoms with Crippen LogP contribution in [0.3, 0.4) is 0 Å². The summed E-state index contributed by atoms with van der Waals surface area (Å²) in [6.07, 6.45) is 3.20. The van der Waals surface area contributed by atoms with Gasteiger partial charge in [0, 0.05) is 23.5 Å². The molecule has 1 aromatic heterocycles. The molecular formula is C10H16ClN3S. The van der Waals surface area contributed by atoms with Gasteiger partial charge in [0.15, 0.2) is 0 Å². The predicted molar refractivity (Wildman–Crippen MR) is 69.7 cm³/mol. The number of thioether (sulfide) groups is 1. The van der Waals surface area contributed by atoms with Gasteiger partial charge in [0.25, 0.3) is 0 Å². The van der Waals surface area contributed by atoms with Gasteiger partial charge < -0.3 is 11.1 Å². The maximum Gasteiger partial charge on any atom is 0.133 e. The van der Waals surface area contributed by atoms with E-state index in [1.165, 1.54) is 0 Å². The first-order valence-corrected chi connectivity index (χ1v) is 6.48. The second kappa shape index (κ2) is 6.08. The molecule has 0 spiro atoms. The maximum atomic E-state index is 5.78. The lowest BCUT2D eigenvalue weighted by Gasteiger charge is -2.10. The van der Waals surface area contributed by atoms with Gasteiger partial charge in [0.1, 0.15) is 11.0 Å². The van der Waals surface area contributed by atoms with Gasteiger partial charge in [-0.25, -0.2) is 4.98 Å². The highest BCUT2D eigenvalue weighted by molar-refractivity contribution is 7.99. The first-order valence-electron chi connectivity index (χ1n) is 4.81. The second-order valence-electron chi connectivity index (χ2n) is 3.37. The average molecular weight is 246 g/mol. The van der Waals surface area contributed by atoms with Crippen molar-refractivity contribution in [3.8, 4) is 0 Å². The third-order valence-electron chi connectivity index (χ3n) is 2.08. The van der Waals surface area contributed by atoms with Crippen LogP contribution in [-0.4, -0.2) is 23.0 Å². The molecule has 15 heavy (non-hydrogen) atoms. The van der Waals surface area contributed by atoms with Crippen LogP contribution >= 0.6 is 23.4 Å². The number of nitrogens with one attached hydrogen (secondary N) is 1. The highest BCUT2D eigenvalue weighted by Gasteiger charge is 2.01. The van der Waals surface area contributed by atoms with E-state index in [0.717, 1.165) is 18.8 Å². The molecule has 1 rings (SSSR count). The van der Waals surface area contributed by atoms with Crippen LogP contribution in [0.2, 0.25) is 5.15 Å². The van der Waals surface area contributed by atoms with E-state index in [1.54, 1.807) is 12.1 Å². The molecule has 1 atom stereocenters. The van der Waals surface area contributed by atoms with E-state index in [-0.39, 0.29) is 0 Å². The first kappa shape index (κ1) is 12.5. The summed E-state index contributed by atoms with van der Waals surface area (Å²) < 4.78 is 0. The van der Waals surface area contributed by atoms with Gasteiger partial charge in [0.05, 0.1) is 0 Å². The van der Waals surface area contributed by atoms with E-state index >= 15 is 0 Å². The molecule has 0 fully saturated rings. The van der Waals surface area contributed by atoms with E-state index in [0.29, 0.717) is 16.1 Å². The van der Waals surface area contributed by atoms with Crippen LogP contribution in [-0.2, 0) is 0 Å². The van der Waals surface area contributed by atoms with Crippen LogP contribution in [0.4, 0.5) is 11.5 Å². The minimum absolute atomic E-state index is 0.426. The zero-order valence-electron chi connectivity index (χ0n) is 8.96. The number of nitrogens with two attached hydrogens (primary N) is 1. The number of hydrogen-bond donors (Lipinski definition) is 2. The van der Waals surface area contributed by atoms with Crippen LogP contribution < -0.4 is 11.1 Å². The smallest absolute Gasteiger partial charge is 0.133 e. The van der Waals surface area contributed by atoms with Gasteiger partial charge in [-0.05, 0) is 18.7 Å². The molecule has 0 bridgehead atoms. The Morgan fingerprint density at radius 1 is 1.60 bits per heavy atom. The number of aromatic nitrogens is 1. The van der Waals surface area contributed by atoms with Crippen molar-refractivity contribution < 1.29 is 0 Å². The molecule has 0 saturated carbocycles. The van der Waals surface area contributed by atoms with Gasteiger partial charge in [-0.2, -0.15) is 11.8 Å². The van der Waals surface area contributed by atoms with Crippen molar-refractivity contribution in [2.75, 3.05) is 23.9 Å². The standard InChI is InChI=1S/C10H16ClN3S/c1-7(15-2)3-4-13-10-6-8(12)5-9(11)14-10/h5-7H,3-4H2,1-2H3,(H3,12,13,14). The quantitative estimate of drug-likeness (QED) is 0.784. The average Bonchev–Trinajstić information content (AvgIpc) is 2.16. The highest BCUT2D eigenvalue weighted by Crippen LogP contribution is 2.16. The fourth-order valence-corrected chi connectivity index (χ4v) is 1.70. The molecule has 0 aliphatic heterocycles. The fraction of sp³-hybridized carbons (Fsp3) is 0.500. The Kier molecular flexibility index (Phi) is 5.05. The molecule has 0 aromatic carbocycles. The van der Waals surface area contributed by atoms with Crippen molar-refractivity contribution in [2.45, 2.75) is 18.6 Å². The lowest BCUT2D eigenvalue weighted by atomic mass is 10.3. The molecule has 0 aliphatic rings. The molecule has 5 heteroatoms. The molecule has 0 amide bonds. The summed E-state index contributed by atoms with van der Waals surface area (Å²) in [5, 5.41) is 4.28. The predicted octanol–water partition coefficient (Wildman–Crippen LogP) is 2.87.